The van der Waals surface area contributed by atoms with Gasteiger partial charge < -0.3 is 5.32 Å². The first-order valence-electron chi connectivity index (χ1n) is 11.8. The number of carbonyl (C=O) groups is 2. The van der Waals surface area contributed by atoms with Crippen molar-refractivity contribution in [1.82, 2.24) is 9.78 Å². The minimum Gasteiger partial charge on any atom is -0.306 e. The van der Waals surface area contributed by atoms with Gasteiger partial charge in [0.15, 0.2) is 0 Å². The van der Waals surface area contributed by atoms with Crippen LogP contribution in [-0.2, 0) is 16.0 Å². The molecule has 0 bridgehead atoms. The molecule has 3 aromatic carbocycles. The molecule has 2 amide bonds. The molecule has 0 unspecified atom stereocenters. The lowest BCUT2D eigenvalue weighted by atomic mass is 10.1. The van der Waals surface area contributed by atoms with Gasteiger partial charge in [-0.25, -0.2) is 4.68 Å². The Bertz CT molecular complexity index is 1560. The number of nitrogens with one attached hydrogen (secondary N) is 1. The van der Waals surface area contributed by atoms with Crippen molar-refractivity contribution in [3.05, 3.63) is 118 Å². The smallest absolute Gasteiger partial charge is 0.270 e. The molecule has 0 aliphatic carbocycles. The number of anilines is 2. The SMILES string of the molecule is Cc1cc(NC(=O)/C(C#N)=C2\S[C@@H](Cc3ccc(Cl)cc3)C(=O)N2c2ccccc2)n(-c2ccccc2)n1. The number of hydrogen-bond donors (Lipinski definition) is 1. The van der Waals surface area contributed by atoms with E-state index in [9.17, 15) is 14.9 Å². The molecule has 0 radical (unpaired) electrons. The Hall–Kier alpha value is -4.32. The molecule has 38 heavy (non-hydrogen) atoms. The van der Waals surface area contributed by atoms with E-state index in [1.165, 1.54) is 16.7 Å². The van der Waals surface area contributed by atoms with E-state index in [-0.39, 0.29) is 11.5 Å². The van der Waals surface area contributed by atoms with E-state index in [1.54, 1.807) is 35.0 Å². The van der Waals surface area contributed by atoms with Gasteiger partial charge in [-0.15, -0.1) is 0 Å². The van der Waals surface area contributed by atoms with Crippen LogP contribution in [0.5, 0.6) is 0 Å². The Morgan fingerprint density at radius 3 is 2.29 bits per heavy atom. The fourth-order valence-corrected chi connectivity index (χ4v) is 5.60. The third kappa shape index (κ3) is 5.21. The molecule has 4 aromatic rings. The summed E-state index contributed by atoms with van der Waals surface area (Å²) in [6.45, 7) is 1.82. The molecule has 7 nitrogen and oxygen atoms in total. The first-order chi connectivity index (χ1) is 18.4. The largest absolute Gasteiger partial charge is 0.306 e. The Balaban J connectivity index is 1.51. The maximum atomic E-state index is 13.6. The Morgan fingerprint density at radius 1 is 1.03 bits per heavy atom. The molecule has 1 fully saturated rings. The van der Waals surface area contributed by atoms with E-state index in [0.29, 0.717) is 33.7 Å². The number of nitriles is 1. The molecule has 5 rings (SSSR count). The maximum absolute atomic E-state index is 13.6. The second-order valence-electron chi connectivity index (χ2n) is 8.61. The Labute approximate surface area is 229 Å². The van der Waals surface area contributed by atoms with Gasteiger partial charge in [-0.3, -0.25) is 14.5 Å². The predicted octanol–water partition coefficient (Wildman–Crippen LogP) is 5.90. The Morgan fingerprint density at radius 2 is 1.66 bits per heavy atom. The Kier molecular flexibility index (Phi) is 7.31. The van der Waals surface area contributed by atoms with Crippen molar-refractivity contribution in [2.75, 3.05) is 10.2 Å². The molecule has 1 N–H and O–H groups in total. The third-order valence-corrected chi connectivity index (χ3v) is 7.44. The standard InChI is InChI=1S/C29H22ClN5O2S/c1-19-16-26(35(33-19)23-10-6-3-7-11-23)32-27(36)24(18-31)29-34(22-8-4-2-5-9-22)28(37)25(38-29)17-20-12-14-21(30)15-13-20/h2-16,25H,17H2,1H3,(H,32,36)/b29-24-/t25-/m0/s1. The molecule has 1 aliphatic heterocycles. The molecule has 9 heteroatoms. The number of para-hydroxylation sites is 2. The van der Waals surface area contributed by atoms with Crippen LogP contribution < -0.4 is 10.2 Å². The predicted molar refractivity (Wildman–Crippen MR) is 150 cm³/mol. The molecule has 0 saturated carbocycles. The van der Waals surface area contributed by atoms with Crippen molar-refractivity contribution in [3.8, 4) is 11.8 Å². The normalized spacial score (nSPS) is 16.3. The van der Waals surface area contributed by atoms with E-state index in [2.05, 4.69) is 10.4 Å². The van der Waals surface area contributed by atoms with Crippen molar-refractivity contribution in [1.29, 1.82) is 5.26 Å². The summed E-state index contributed by atoms with van der Waals surface area (Å²) in [6.07, 6.45) is 0.424. The molecule has 1 aromatic heterocycles. The highest BCUT2D eigenvalue weighted by molar-refractivity contribution is 8.05. The van der Waals surface area contributed by atoms with Crippen LogP contribution in [0.2, 0.25) is 5.02 Å². The topological polar surface area (TPSA) is 91.0 Å². The number of aryl methyl sites for hydroxylation is 1. The van der Waals surface area contributed by atoms with Crippen LogP contribution >= 0.6 is 23.4 Å². The van der Waals surface area contributed by atoms with Crippen LogP contribution in [0, 0.1) is 18.3 Å². The number of carbonyl (C=O) groups excluding carboxylic acids is 2. The van der Waals surface area contributed by atoms with Gasteiger partial charge in [-0.05, 0) is 55.3 Å². The lowest BCUT2D eigenvalue weighted by Crippen LogP contribution is -2.31. The fraction of sp³-hybridized carbons (Fsp3) is 0.103. The highest BCUT2D eigenvalue weighted by atomic mass is 35.5. The first kappa shape index (κ1) is 25.3. The molecule has 188 valence electrons. The van der Waals surface area contributed by atoms with Crippen LogP contribution in [-0.4, -0.2) is 26.8 Å². The van der Waals surface area contributed by atoms with E-state index < -0.39 is 11.2 Å². The van der Waals surface area contributed by atoms with Gasteiger partial charge in [-0.1, -0.05) is 71.9 Å². The summed E-state index contributed by atoms with van der Waals surface area (Å²) in [6, 6.07) is 29.5. The average Bonchev–Trinajstić information content (AvgIpc) is 3.45. The van der Waals surface area contributed by atoms with Gasteiger partial charge in [0.05, 0.1) is 16.6 Å². The summed E-state index contributed by atoms with van der Waals surface area (Å²) in [5, 5.41) is 17.8. The number of benzene rings is 3. The number of nitrogens with zero attached hydrogens (tertiary/aromatic N) is 4. The van der Waals surface area contributed by atoms with Crippen molar-refractivity contribution in [2.45, 2.75) is 18.6 Å². The van der Waals surface area contributed by atoms with Crippen LogP contribution in [0.1, 0.15) is 11.3 Å². The summed E-state index contributed by atoms with van der Waals surface area (Å²) < 4.78 is 1.61. The van der Waals surface area contributed by atoms with E-state index >= 15 is 0 Å². The summed E-state index contributed by atoms with van der Waals surface area (Å²) in [7, 11) is 0. The molecule has 0 spiro atoms. The van der Waals surface area contributed by atoms with Crippen molar-refractivity contribution in [3.63, 3.8) is 0 Å². The van der Waals surface area contributed by atoms with Crippen molar-refractivity contribution >= 4 is 46.7 Å². The second kappa shape index (κ2) is 11.0. The van der Waals surface area contributed by atoms with E-state index in [0.717, 1.165) is 11.3 Å². The van der Waals surface area contributed by atoms with Crippen molar-refractivity contribution in [2.24, 2.45) is 0 Å². The highest BCUT2D eigenvalue weighted by Gasteiger charge is 2.40. The summed E-state index contributed by atoms with van der Waals surface area (Å²) >= 11 is 7.24. The first-order valence-corrected chi connectivity index (χ1v) is 13.1. The number of thioether (sulfide) groups is 1. The second-order valence-corrected chi connectivity index (χ2v) is 10.2. The number of aromatic nitrogens is 2. The van der Waals surface area contributed by atoms with Gasteiger partial charge in [0.2, 0.25) is 5.91 Å². The van der Waals surface area contributed by atoms with Gasteiger partial charge in [0.25, 0.3) is 5.91 Å². The van der Waals surface area contributed by atoms with Gasteiger partial charge in [-0.2, -0.15) is 10.4 Å². The monoisotopic (exact) mass is 539 g/mol. The maximum Gasteiger partial charge on any atom is 0.270 e. The van der Waals surface area contributed by atoms with E-state index in [1.807, 2.05) is 73.7 Å². The molecule has 1 saturated heterocycles. The van der Waals surface area contributed by atoms with Crippen LogP contribution in [0.25, 0.3) is 5.69 Å². The van der Waals surface area contributed by atoms with Crippen LogP contribution in [0.15, 0.2) is 102 Å². The lowest BCUT2D eigenvalue weighted by Gasteiger charge is -2.18. The van der Waals surface area contributed by atoms with Gasteiger partial charge in [0, 0.05) is 16.8 Å². The summed E-state index contributed by atoms with van der Waals surface area (Å²) in [4.78, 5) is 28.6. The highest BCUT2D eigenvalue weighted by Crippen LogP contribution is 2.42. The van der Waals surface area contributed by atoms with Gasteiger partial charge >= 0.3 is 0 Å². The molecular formula is C29H22ClN5O2S. The van der Waals surface area contributed by atoms with E-state index in [4.69, 9.17) is 11.6 Å². The lowest BCUT2D eigenvalue weighted by molar-refractivity contribution is -0.117. The summed E-state index contributed by atoms with van der Waals surface area (Å²) in [5.41, 5.74) is 2.84. The number of hydrogen-bond acceptors (Lipinski definition) is 5. The molecular weight excluding hydrogens is 518 g/mol. The number of rotatable bonds is 6. The average molecular weight is 540 g/mol. The van der Waals surface area contributed by atoms with Crippen molar-refractivity contribution < 1.29 is 9.59 Å². The number of halogens is 1. The summed E-state index contributed by atoms with van der Waals surface area (Å²) in [5.74, 6) is -0.393. The quantitative estimate of drug-likeness (QED) is 0.243. The van der Waals surface area contributed by atoms with Crippen LogP contribution in [0.3, 0.4) is 0 Å². The molecule has 2 heterocycles. The molecule has 1 aliphatic rings. The fourth-order valence-electron chi connectivity index (χ4n) is 4.17. The zero-order valence-corrected chi connectivity index (χ0v) is 21.9. The van der Waals surface area contributed by atoms with Crippen LogP contribution in [0.4, 0.5) is 11.5 Å². The zero-order valence-electron chi connectivity index (χ0n) is 20.3. The third-order valence-electron chi connectivity index (χ3n) is 5.93. The molecule has 1 atom stereocenters. The number of amides is 2. The minimum absolute atomic E-state index is 0.149. The zero-order chi connectivity index (χ0) is 26.6. The van der Waals surface area contributed by atoms with Gasteiger partial charge in [0.1, 0.15) is 22.5 Å². The minimum atomic E-state index is -0.618.